The number of carbonyl (C=O) groups is 2. The molecule has 0 radical (unpaired) electrons. The zero-order chi connectivity index (χ0) is 17.2. The Kier molecular flexibility index (Phi) is 4.38. The van der Waals surface area contributed by atoms with Crippen LogP contribution in [0.1, 0.15) is 30.0 Å². The van der Waals surface area contributed by atoms with E-state index in [1.165, 1.54) is 4.90 Å². The second-order valence-corrected chi connectivity index (χ2v) is 6.63. The molecule has 1 N–H and O–H groups in total. The zero-order valence-corrected chi connectivity index (χ0v) is 14.1. The number of nitrogens with zero attached hydrogens (tertiary/aromatic N) is 1. The predicted molar refractivity (Wildman–Crippen MR) is 93.4 cm³/mol. The summed E-state index contributed by atoms with van der Waals surface area (Å²) in [6.07, 6.45) is 1.34. The van der Waals surface area contributed by atoms with Crippen LogP contribution in [-0.4, -0.2) is 22.4 Å². The van der Waals surface area contributed by atoms with Crippen molar-refractivity contribution in [3.05, 3.63) is 71.3 Å². The highest BCUT2D eigenvalue weighted by Crippen LogP contribution is 2.25. The van der Waals surface area contributed by atoms with E-state index < -0.39 is 5.54 Å². The molecule has 4 heteroatoms. The molecule has 1 saturated heterocycles. The summed E-state index contributed by atoms with van der Waals surface area (Å²) in [7, 11) is 0. The van der Waals surface area contributed by atoms with Crippen LogP contribution in [-0.2, 0) is 17.8 Å². The van der Waals surface area contributed by atoms with Gasteiger partial charge in [0.2, 0.25) is 0 Å². The van der Waals surface area contributed by atoms with Crippen LogP contribution in [0.2, 0.25) is 0 Å². The second kappa shape index (κ2) is 6.48. The third-order valence-corrected chi connectivity index (χ3v) is 4.52. The number of amides is 3. The molecule has 0 saturated carbocycles. The van der Waals surface area contributed by atoms with Crippen LogP contribution in [0.5, 0.6) is 0 Å². The maximum Gasteiger partial charge on any atom is 0.325 e. The van der Waals surface area contributed by atoms with Gasteiger partial charge in [-0.3, -0.25) is 9.69 Å². The first-order chi connectivity index (χ1) is 11.5. The fraction of sp³-hybridized carbons (Fsp3) is 0.300. The van der Waals surface area contributed by atoms with E-state index in [2.05, 4.69) is 5.32 Å². The van der Waals surface area contributed by atoms with Gasteiger partial charge in [-0.25, -0.2) is 4.79 Å². The molecule has 1 aliphatic rings. The molecule has 3 rings (SSSR count). The first-order valence-electron chi connectivity index (χ1n) is 8.21. The lowest BCUT2D eigenvalue weighted by atomic mass is 9.93. The molecular formula is C20H22N2O2. The molecule has 0 aliphatic carbocycles. The molecule has 0 aromatic heterocycles. The van der Waals surface area contributed by atoms with E-state index in [0.717, 1.165) is 23.1 Å². The minimum absolute atomic E-state index is 0.148. The molecule has 0 bridgehead atoms. The van der Waals surface area contributed by atoms with Crippen LogP contribution in [0.15, 0.2) is 54.6 Å². The van der Waals surface area contributed by atoms with Crippen LogP contribution in [0.25, 0.3) is 0 Å². The number of aryl methyl sites for hydroxylation is 2. The number of nitrogens with one attached hydrogen (secondary N) is 1. The van der Waals surface area contributed by atoms with E-state index in [1.54, 1.807) is 0 Å². The Morgan fingerprint density at radius 2 is 1.71 bits per heavy atom. The van der Waals surface area contributed by atoms with Crippen LogP contribution >= 0.6 is 0 Å². The van der Waals surface area contributed by atoms with Gasteiger partial charge < -0.3 is 5.32 Å². The minimum atomic E-state index is -0.837. The number of hydrogen-bond donors (Lipinski definition) is 1. The highest BCUT2D eigenvalue weighted by atomic mass is 16.2. The molecular weight excluding hydrogens is 300 g/mol. The van der Waals surface area contributed by atoms with Gasteiger partial charge in [-0.2, -0.15) is 0 Å². The van der Waals surface area contributed by atoms with Crippen molar-refractivity contribution in [1.82, 2.24) is 10.2 Å². The fourth-order valence-corrected chi connectivity index (χ4v) is 3.09. The van der Waals surface area contributed by atoms with Crippen molar-refractivity contribution in [3.63, 3.8) is 0 Å². The van der Waals surface area contributed by atoms with Crippen LogP contribution in [0.3, 0.4) is 0 Å². The molecule has 24 heavy (non-hydrogen) atoms. The Morgan fingerprint density at radius 1 is 1.00 bits per heavy atom. The average molecular weight is 322 g/mol. The quantitative estimate of drug-likeness (QED) is 0.857. The van der Waals surface area contributed by atoms with E-state index in [0.29, 0.717) is 13.0 Å². The number of imide groups is 1. The van der Waals surface area contributed by atoms with Crippen molar-refractivity contribution in [3.8, 4) is 0 Å². The van der Waals surface area contributed by atoms with Gasteiger partial charge in [0, 0.05) is 0 Å². The van der Waals surface area contributed by atoms with Gasteiger partial charge in [-0.1, -0.05) is 60.2 Å². The Labute approximate surface area is 142 Å². The number of benzene rings is 2. The third-order valence-electron chi connectivity index (χ3n) is 4.52. The van der Waals surface area contributed by atoms with E-state index >= 15 is 0 Å². The van der Waals surface area contributed by atoms with Crippen molar-refractivity contribution >= 4 is 11.9 Å². The molecule has 1 aliphatic heterocycles. The normalized spacial score (nSPS) is 20.3. The van der Waals surface area contributed by atoms with Gasteiger partial charge in [0.1, 0.15) is 5.54 Å². The first-order valence-corrected chi connectivity index (χ1v) is 8.21. The van der Waals surface area contributed by atoms with Gasteiger partial charge in [0.15, 0.2) is 0 Å². The van der Waals surface area contributed by atoms with Crippen LogP contribution in [0, 0.1) is 6.92 Å². The number of rotatable bonds is 5. The smallest absolute Gasteiger partial charge is 0.323 e. The molecule has 4 nitrogen and oxygen atoms in total. The Balaban J connectivity index is 1.70. The highest BCUT2D eigenvalue weighted by molar-refractivity contribution is 6.06. The summed E-state index contributed by atoms with van der Waals surface area (Å²) in [6.45, 7) is 4.12. The summed E-state index contributed by atoms with van der Waals surface area (Å²) in [5.74, 6) is -0.148. The van der Waals surface area contributed by atoms with Crippen LogP contribution < -0.4 is 5.32 Å². The SMILES string of the molecule is Cc1cccc(CN2C(=O)NC(C)(CCc3ccccc3)C2=O)c1. The summed E-state index contributed by atoms with van der Waals surface area (Å²) in [4.78, 5) is 26.4. The van der Waals surface area contributed by atoms with Gasteiger partial charge in [0.05, 0.1) is 6.54 Å². The van der Waals surface area contributed by atoms with E-state index in [4.69, 9.17) is 0 Å². The molecule has 2 aromatic rings. The molecule has 0 spiro atoms. The van der Waals surface area contributed by atoms with Crippen molar-refractivity contribution in [1.29, 1.82) is 0 Å². The predicted octanol–water partition coefficient (Wildman–Crippen LogP) is 3.44. The number of carbonyl (C=O) groups excluding carboxylic acids is 2. The molecule has 2 aromatic carbocycles. The minimum Gasteiger partial charge on any atom is -0.323 e. The lowest BCUT2D eigenvalue weighted by Gasteiger charge is -2.21. The lowest BCUT2D eigenvalue weighted by molar-refractivity contribution is -0.131. The zero-order valence-electron chi connectivity index (χ0n) is 14.1. The average Bonchev–Trinajstić information content (AvgIpc) is 2.78. The second-order valence-electron chi connectivity index (χ2n) is 6.63. The molecule has 3 amide bonds. The number of urea groups is 1. The Morgan fingerprint density at radius 3 is 2.42 bits per heavy atom. The van der Waals surface area contributed by atoms with E-state index in [1.807, 2.05) is 68.4 Å². The van der Waals surface area contributed by atoms with E-state index in [9.17, 15) is 9.59 Å². The van der Waals surface area contributed by atoms with Gasteiger partial charge in [-0.05, 0) is 37.8 Å². The topological polar surface area (TPSA) is 49.4 Å². The van der Waals surface area contributed by atoms with Crippen molar-refractivity contribution in [2.75, 3.05) is 0 Å². The van der Waals surface area contributed by atoms with Gasteiger partial charge >= 0.3 is 6.03 Å². The number of hydrogen-bond acceptors (Lipinski definition) is 2. The van der Waals surface area contributed by atoms with Gasteiger partial charge in [-0.15, -0.1) is 0 Å². The largest absolute Gasteiger partial charge is 0.325 e. The van der Waals surface area contributed by atoms with Crippen molar-refractivity contribution in [2.45, 2.75) is 38.8 Å². The van der Waals surface area contributed by atoms with Gasteiger partial charge in [0.25, 0.3) is 5.91 Å². The summed E-state index contributed by atoms with van der Waals surface area (Å²) in [5.41, 5.74) is 2.41. The molecule has 1 heterocycles. The van der Waals surface area contributed by atoms with Crippen molar-refractivity contribution in [2.24, 2.45) is 0 Å². The van der Waals surface area contributed by atoms with E-state index in [-0.39, 0.29) is 11.9 Å². The maximum absolute atomic E-state index is 12.8. The lowest BCUT2D eigenvalue weighted by Crippen LogP contribution is -2.44. The highest BCUT2D eigenvalue weighted by Gasteiger charge is 2.47. The van der Waals surface area contributed by atoms with Crippen molar-refractivity contribution < 1.29 is 9.59 Å². The molecule has 124 valence electrons. The Bertz CT molecular complexity index is 757. The maximum atomic E-state index is 12.8. The molecule has 1 fully saturated rings. The standard InChI is InChI=1S/C20H22N2O2/c1-15-7-6-10-17(13-15)14-22-18(23)20(2,21-19(22)24)12-11-16-8-4-3-5-9-16/h3-10,13H,11-12,14H2,1-2H3,(H,21,24). The molecule has 1 atom stereocenters. The Hall–Kier alpha value is -2.62. The first kappa shape index (κ1) is 16.2. The molecule has 1 unspecified atom stereocenters. The monoisotopic (exact) mass is 322 g/mol. The summed E-state index contributed by atoms with van der Waals surface area (Å²) < 4.78 is 0. The fourth-order valence-electron chi connectivity index (χ4n) is 3.09. The summed E-state index contributed by atoms with van der Waals surface area (Å²) in [6, 6.07) is 17.6. The van der Waals surface area contributed by atoms with Crippen LogP contribution in [0.4, 0.5) is 4.79 Å². The summed E-state index contributed by atoms with van der Waals surface area (Å²) in [5, 5.41) is 2.87. The summed E-state index contributed by atoms with van der Waals surface area (Å²) >= 11 is 0. The third kappa shape index (κ3) is 3.32.